The number of halogens is 5. The number of benzene rings is 1. The van der Waals surface area contributed by atoms with E-state index in [4.69, 9.17) is 0 Å². The Morgan fingerprint density at radius 1 is 1.04 bits per heavy atom. The Hall–Kier alpha value is -4.41. The lowest BCUT2D eigenvalue weighted by molar-refractivity contribution is -0.143. The number of carbonyl (C=O) groups is 3. The maximum atomic E-state index is 14.0. The van der Waals surface area contributed by atoms with Gasteiger partial charge in [0.1, 0.15) is 18.4 Å². The van der Waals surface area contributed by atoms with E-state index in [9.17, 15) is 31.9 Å². The third-order valence-corrected chi connectivity index (χ3v) is 10.4. The van der Waals surface area contributed by atoms with Crippen LogP contribution < -0.4 is 5.32 Å². The molecule has 5 aromatic rings. The Morgan fingerprint density at radius 2 is 1.77 bits per heavy atom. The molecule has 0 aliphatic carbocycles. The fourth-order valence-electron chi connectivity index (χ4n) is 6.27. The number of nitrogens with one attached hydrogen (secondary N) is 1. The van der Waals surface area contributed by atoms with Crippen LogP contribution in [0.2, 0.25) is 0 Å². The molecule has 1 aromatic carbocycles. The van der Waals surface area contributed by atoms with Crippen LogP contribution in [0.4, 0.5) is 23.4 Å². The Kier molecular flexibility index (Phi) is 8.54. The van der Waals surface area contributed by atoms with E-state index in [1.165, 1.54) is 18.7 Å². The zero-order valence-corrected chi connectivity index (χ0v) is 28.6. The van der Waals surface area contributed by atoms with Crippen LogP contribution >= 0.6 is 22.6 Å². The van der Waals surface area contributed by atoms with Crippen molar-refractivity contribution in [1.29, 1.82) is 0 Å². The van der Waals surface area contributed by atoms with Gasteiger partial charge in [0.25, 0.3) is 0 Å². The number of carbonyl (C=O) groups excluding carboxylic acids is 3. The molecule has 0 spiro atoms. The Labute approximate surface area is 285 Å². The molecular weight excluding hydrogens is 745 g/mol. The first-order valence-corrected chi connectivity index (χ1v) is 16.2. The Balaban J connectivity index is 1.32. The number of amides is 2. The molecule has 48 heavy (non-hydrogen) atoms. The number of pyridine rings is 1. The van der Waals surface area contributed by atoms with Gasteiger partial charge < -0.3 is 14.8 Å². The topological polar surface area (TPSA) is 114 Å². The summed E-state index contributed by atoms with van der Waals surface area (Å²) >= 11 is 2.08. The molecule has 15 heteroatoms. The van der Waals surface area contributed by atoms with Gasteiger partial charge in [-0.05, 0) is 74.9 Å². The molecule has 1 fully saturated rings. The van der Waals surface area contributed by atoms with Crippen molar-refractivity contribution >= 4 is 62.6 Å². The molecular formula is C33H30F4IN7O3. The second kappa shape index (κ2) is 12.2. The molecule has 3 atom stereocenters. The van der Waals surface area contributed by atoms with E-state index < -0.39 is 45.4 Å². The predicted octanol–water partition coefficient (Wildman–Crippen LogP) is 6.67. The molecule has 0 bridgehead atoms. The normalized spacial score (nSPS) is 18.2. The number of fused-ring (bicyclic) bond motifs is 2. The molecule has 1 N–H and O–H groups in total. The summed E-state index contributed by atoms with van der Waals surface area (Å²) in [6, 6.07) is 5.32. The summed E-state index contributed by atoms with van der Waals surface area (Å²) in [7, 11) is 0. The molecule has 0 saturated carbocycles. The summed E-state index contributed by atoms with van der Waals surface area (Å²) in [5, 5.41) is 7.49. The summed E-state index contributed by atoms with van der Waals surface area (Å²) in [5.74, 6) is -3.45. The van der Waals surface area contributed by atoms with Crippen molar-refractivity contribution in [3.05, 3.63) is 76.8 Å². The van der Waals surface area contributed by atoms with E-state index in [1.54, 1.807) is 21.5 Å². The molecule has 1 saturated heterocycles. The highest BCUT2D eigenvalue weighted by Crippen LogP contribution is 2.37. The summed E-state index contributed by atoms with van der Waals surface area (Å²) in [4.78, 5) is 49.6. The number of Topliss-reactive ketones (excluding diaryl/α,β-unsaturated/α-hetero) is 1. The number of nitrogens with zero attached hydrogens (tertiary/aromatic N) is 6. The van der Waals surface area contributed by atoms with Gasteiger partial charge in [-0.15, -0.1) is 0 Å². The number of hydrogen-bond donors (Lipinski definition) is 1. The van der Waals surface area contributed by atoms with Crippen molar-refractivity contribution in [1.82, 2.24) is 29.0 Å². The van der Waals surface area contributed by atoms with Gasteiger partial charge in [-0.1, -0.05) is 29.5 Å². The average molecular weight is 776 g/mol. The van der Waals surface area contributed by atoms with Crippen molar-refractivity contribution in [2.45, 2.75) is 63.9 Å². The number of hydrogen-bond acceptors (Lipinski definition) is 6. The molecule has 1 aliphatic rings. The zero-order chi connectivity index (χ0) is 34.8. The summed E-state index contributed by atoms with van der Waals surface area (Å²) in [6.07, 6.45) is 0.407. The summed E-state index contributed by atoms with van der Waals surface area (Å²) in [5.41, 5.74) is 3.28. The molecule has 0 unspecified atom stereocenters. The Bertz CT molecular complexity index is 2140. The predicted molar refractivity (Wildman–Crippen MR) is 178 cm³/mol. The first-order valence-electron chi connectivity index (χ1n) is 15.0. The standard InChI is InChI=1S/C33H30F4IN7O3/c1-15-6-20(21-11-39-26-9-18(4)42-44(26)12-21)10-22-23(19(5)46)13-43(28(15)22)14-27(47)45-25(8-16(2)30(45)38)32(48)41-31-17(3)7-24(34)29(40-31)33(35,36)37/h6-7,9-13,16,25,30H,8,14H2,1-5H3,(H,40,41,48)/t16-,25-,30-/m0/s1. The quantitative estimate of drug-likeness (QED) is 0.0678. The minimum absolute atomic E-state index is 0.00431. The summed E-state index contributed by atoms with van der Waals surface area (Å²) in [6.45, 7) is 8.20. The second-order valence-corrected chi connectivity index (χ2v) is 13.5. The molecule has 1 aliphatic heterocycles. The van der Waals surface area contributed by atoms with Gasteiger partial charge in [-0.25, -0.2) is 18.9 Å². The largest absolute Gasteiger partial charge is 0.436 e. The molecule has 250 valence electrons. The van der Waals surface area contributed by atoms with Gasteiger partial charge in [0.2, 0.25) is 11.8 Å². The summed E-state index contributed by atoms with van der Waals surface area (Å²) < 4.78 is 57.0. The van der Waals surface area contributed by atoms with Crippen LogP contribution in [0.5, 0.6) is 0 Å². The number of anilines is 1. The third-order valence-electron chi connectivity index (χ3n) is 8.55. The number of alkyl halides is 4. The molecule has 6 rings (SSSR count). The van der Waals surface area contributed by atoms with Crippen LogP contribution in [0.1, 0.15) is 53.1 Å². The lowest BCUT2D eigenvalue weighted by atomic mass is 10.0. The second-order valence-electron chi connectivity index (χ2n) is 12.2. The maximum Gasteiger partial charge on any atom is 0.436 e. The Morgan fingerprint density at radius 3 is 2.46 bits per heavy atom. The van der Waals surface area contributed by atoms with Gasteiger partial charge in [0.05, 0.1) is 15.3 Å². The van der Waals surface area contributed by atoms with Crippen molar-refractivity contribution in [3.8, 4) is 11.1 Å². The van der Waals surface area contributed by atoms with Crippen molar-refractivity contribution in [3.63, 3.8) is 0 Å². The van der Waals surface area contributed by atoms with Crippen LogP contribution in [0.3, 0.4) is 0 Å². The SMILES string of the molecule is CC(=O)c1cn(CC(=O)N2[C@H](I)[C@@H](C)C[C@H]2C(=O)Nc2nc(C(F)(F)F)c(F)cc2C)c2c(C)cc(-c3cnc4cc(C)nn4c3)cc12. The molecule has 5 heterocycles. The third kappa shape index (κ3) is 6.03. The highest BCUT2D eigenvalue weighted by Gasteiger charge is 2.44. The molecule has 4 aromatic heterocycles. The van der Waals surface area contributed by atoms with Gasteiger partial charge in [-0.2, -0.15) is 18.3 Å². The van der Waals surface area contributed by atoms with Crippen LogP contribution in [0.15, 0.2) is 42.9 Å². The monoisotopic (exact) mass is 775 g/mol. The average Bonchev–Trinajstić information content (AvgIpc) is 3.65. The van der Waals surface area contributed by atoms with Gasteiger partial charge in [0, 0.05) is 41.2 Å². The highest BCUT2D eigenvalue weighted by molar-refractivity contribution is 14.1. The smallest absolute Gasteiger partial charge is 0.337 e. The first-order chi connectivity index (χ1) is 22.5. The molecule has 0 radical (unpaired) electrons. The lowest BCUT2D eigenvalue weighted by Gasteiger charge is -2.28. The number of likely N-dealkylation sites (tertiary alicyclic amines) is 1. The molecule has 10 nitrogen and oxygen atoms in total. The van der Waals surface area contributed by atoms with Gasteiger partial charge in [-0.3, -0.25) is 14.4 Å². The van der Waals surface area contributed by atoms with Crippen LogP contribution in [0.25, 0.3) is 27.7 Å². The number of ketones is 1. The number of aryl methyl sites for hydroxylation is 3. The first kappa shape index (κ1) is 33.5. The van der Waals surface area contributed by atoms with E-state index in [0.717, 1.165) is 22.4 Å². The minimum atomic E-state index is -5.06. The van der Waals surface area contributed by atoms with E-state index in [0.29, 0.717) is 28.2 Å². The van der Waals surface area contributed by atoms with Crippen LogP contribution in [-0.4, -0.2) is 56.7 Å². The van der Waals surface area contributed by atoms with Crippen molar-refractivity contribution < 1.29 is 31.9 Å². The van der Waals surface area contributed by atoms with Crippen molar-refractivity contribution in [2.24, 2.45) is 5.92 Å². The van der Waals surface area contributed by atoms with E-state index in [2.05, 4.69) is 43.0 Å². The zero-order valence-electron chi connectivity index (χ0n) is 26.5. The van der Waals surface area contributed by atoms with E-state index in [1.807, 2.05) is 45.2 Å². The van der Waals surface area contributed by atoms with Crippen LogP contribution in [-0.2, 0) is 22.3 Å². The fourth-order valence-corrected chi connectivity index (χ4v) is 7.27. The fraction of sp³-hybridized carbons (Fsp3) is 0.333. The maximum absolute atomic E-state index is 14.0. The minimum Gasteiger partial charge on any atom is -0.337 e. The molecule has 2 amide bonds. The van der Waals surface area contributed by atoms with Gasteiger partial charge >= 0.3 is 6.18 Å². The number of aromatic nitrogens is 5. The highest BCUT2D eigenvalue weighted by atomic mass is 127. The van der Waals surface area contributed by atoms with Gasteiger partial charge in [0.15, 0.2) is 22.9 Å². The lowest BCUT2D eigenvalue weighted by Crippen LogP contribution is -2.46. The number of rotatable bonds is 6. The van der Waals surface area contributed by atoms with Crippen LogP contribution in [0, 0.1) is 32.5 Å². The van der Waals surface area contributed by atoms with E-state index >= 15 is 0 Å². The van der Waals surface area contributed by atoms with E-state index in [-0.39, 0.29) is 30.2 Å². The van der Waals surface area contributed by atoms with Crippen molar-refractivity contribution in [2.75, 3.05) is 5.32 Å².